The van der Waals surface area contributed by atoms with Crippen molar-refractivity contribution in [1.29, 1.82) is 0 Å². The molecule has 0 amide bonds. The first kappa shape index (κ1) is 14.8. The Bertz CT molecular complexity index is 354. The number of nitrogens with one attached hydrogen (secondary N) is 1. The third-order valence-corrected chi connectivity index (χ3v) is 3.29. The van der Waals surface area contributed by atoms with Crippen LogP contribution in [0.25, 0.3) is 0 Å². The van der Waals surface area contributed by atoms with E-state index in [0.29, 0.717) is 11.7 Å². The topological polar surface area (TPSA) is 21.3 Å². The van der Waals surface area contributed by atoms with E-state index in [1.54, 1.807) is 12.1 Å². The Morgan fingerprint density at radius 3 is 2.72 bits per heavy atom. The Hall–Kier alpha value is -1.25. The van der Waals surface area contributed by atoms with Crippen LogP contribution in [0.3, 0.4) is 0 Å². The molecule has 3 heteroatoms. The van der Waals surface area contributed by atoms with Crippen LogP contribution >= 0.6 is 0 Å². The minimum atomic E-state index is -0.318. The number of ether oxygens (including phenoxy) is 1. The molecule has 1 rings (SSSR count). The summed E-state index contributed by atoms with van der Waals surface area (Å²) < 4.78 is 18.2. The van der Waals surface area contributed by atoms with E-state index in [2.05, 4.69) is 19.2 Å². The highest BCUT2D eigenvalue weighted by molar-refractivity contribution is 5.48. The highest BCUT2D eigenvalue weighted by atomic mass is 19.1. The molecule has 1 N–H and O–H groups in total. The number of hydrogen-bond donors (Lipinski definition) is 1. The monoisotopic (exact) mass is 253 g/mol. The Balaban J connectivity index is 2.51. The van der Waals surface area contributed by atoms with Gasteiger partial charge in [-0.1, -0.05) is 33.1 Å². The van der Waals surface area contributed by atoms with Crippen LogP contribution in [0, 0.1) is 11.7 Å². The van der Waals surface area contributed by atoms with Gasteiger partial charge in [-0.2, -0.15) is 0 Å². The number of halogens is 1. The van der Waals surface area contributed by atoms with E-state index in [4.69, 9.17) is 4.74 Å². The van der Waals surface area contributed by atoms with E-state index in [1.807, 2.05) is 0 Å². The molecule has 0 aliphatic heterocycles. The van der Waals surface area contributed by atoms with Gasteiger partial charge in [0.2, 0.25) is 0 Å². The molecule has 1 aromatic carbocycles. The van der Waals surface area contributed by atoms with Gasteiger partial charge in [0.05, 0.1) is 7.11 Å². The average Bonchev–Trinajstić information content (AvgIpc) is 2.40. The van der Waals surface area contributed by atoms with Crippen molar-refractivity contribution < 1.29 is 9.13 Å². The molecule has 0 saturated carbocycles. The number of rotatable bonds is 8. The zero-order valence-corrected chi connectivity index (χ0v) is 11.6. The Morgan fingerprint density at radius 2 is 2.11 bits per heavy atom. The number of anilines is 1. The number of unbranched alkanes of at least 4 members (excludes halogenated alkanes) is 1. The molecule has 0 spiro atoms. The maximum Gasteiger partial charge on any atom is 0.165 e. The minimum absolute atomic E-state index is 0.293. The standard InChI is InChI=1S/C15H24FNO/c1-4-6-7-12(5-2)11-17-13-8-9-14(16)15(10-13)18-3/h8-10,12,17H,4-7,11H2,1-3H3. The summed E-state index contributed by atoms with van der Waals surface area (Å²) in [6.45, 7) is 5.36. The van der Waals surface area contributed by atoms with Crippen LogP contribution in [0.1, 0.15) is 39.5 Å². The maximum absolute atomic E-state index is 13.2. The molecule has 0 saturated heterocycles. The molecule has 0 aromatic heterocycles. The second-order valence-electron chi connectivity index (χ2n) is 4.65. The second-order valence-corrected chi connectivity index (χ2v) is 4.65. The van der Waals surface area contributed by atoms with E-state index in [9.17, 15) is 4.39 Å². The van der Waals surface area contributed by atoms with Crippen LogP contribution < -0.4 is 10.1 Å². The van der Waals surface area contributed by atoms with Gasteiger partial charge in [0.15, 0.2) is 11.6 Å². The molecule has 0 aliphatic carbocycles. The molecule has 0 fully saturated rings. The quantitative estimate of drug-likeness (QED) is 0.738. The van der Waals surface area contributed by atoms with Crippen molar-refractivity contribution in [3.05, 3.63) is 24.0 Å². The van der Waals surface area contributed by atoms with Crippen LogP contribution in [-0.2, 0) is 0 Å². The summed E-state index contributed by atoms with van der Waals surface area (Å²) in [4.78, 5) is 0. The van der Waals surface area contributed by atoms with Gasteiger partial charge in [0.25, 0.3) is 0 Å². The number of methoxy groups -OCH3 is 1. The zero-order chi connectivity index (χ0) is 13.4. The Morgan fingerprint density at radius 1 is 1.33 bits per heavy atom. The molecule has 0 heterocycles. The van der Waals surface area contributed by atoms with Crippen LogP contribution in [0.4, 0.5) is 10.1 Å². The molecule has 2 nitrogen and oxygen atoms in total. The lowest BCUT2D eigenvalue weighted by atomic mass is 9.99. The van der Waals surface area contributed by atoms with Gasteiger partial charge in [-0.25, -0.2) is 4.39 Å². The molecule has 1 atom stereocenters. The first-order chi connectivity index (χ1) is 8.71. The molecular formula is C15H24FNO. The van der Waals surface area contributed by atoms with Crippen molar-refractivity contribution in [2.45, 2.75) is 39.5 Å². The Kier molecular flexibility index (Phi) is 6.55. The summed E-state index contributed by atoms with van der Waals surface area (Å²) in [7, 11) is 1.48. The lowest BCUT2D eigenvalue weighted by molar-refractivity contribution is 0.386. The SMILES string of the molecule is CCCCC(CC)CNc1ccc(F)c(OC)c1. The highest BCUT2D eigenvalue weighted by Gasteiger charge is 2.07. The second kappa shape index (κ2) is 7.96. The van der Waals surface area contributed by atoms with Gasteiger partial charge >= 0.3 is 0 Å². The third-order valence-electron chi connectivity index (χ3n) is 3.29. The molecule has 0 aliphatic rings. The zero-order valence-electron chi connectivity index (χ0n) is 11.6. The predicted octanol–water partition coefficient (Wildman–Crippen LogP) is 4.46. The van der Waals surface area contributed by atoms with Crippen LogP contribution in [-0.4, -0.2) is 13.7 Å². The molecule has 18 heavy (non-hydrogen) atoms. The van der Waals surface area contributed by atoms with Crippen molar-refractivity contribution in [3.63, 3.8) is 0 Å². The fourth-order valence-corrected chi connectivity index (χ4v) is 1.98. The molecule has 1 aromatic rings. The summed E-state index contributed by atoms with van der Waals surface area (Å²) in [5.74, 6) is 0.656. The normalized spacial score (nSPS) is 12.2. The molecule has 1 unspecified atom stereocenters. The summed E-state index contributed by atoms with van der Waals surface area (Å²) >= 11 is 0. The maximum atomic E-state index is 13.2. The summed E-state index contributed by atoms with van der Waals surface area (Å²) in [6.07, 6.45) is 4.93. The molecule has 0 radical (unpaired) electrons. The first-order valence-electron chi connectivity index (χ1n) is 6.78. The van der Waals surface area contributed by atoms with Crippen molar-refractivity contribution in [2.75, 3.05) is 19.0 Å². The lowest BCUT2D eigenvalue weighted by Crippen LogP contribution is -2.13. The molecule has 102 valence electrons. The van der Waals surface area contributed by atoms with Gasteiger partial charge in [0.1, 0.15) is 0 Å². The van der Waals surface area contributed by atoms with Crippen molar-refractivity contribution in [3.8, 4) is 5.75 Å². The van der Waals surface area contributed by atoms with Crippen molar-refractivity contribution in [2.24, 2.45) is 5.92 Å². The summed E-state index contributed by atoms with van der Waals surface area (Å²) in [5.41, 5.74) is 0.920. The van der Waals surface area contributed by atoms with Crippen LogP contribution in [0.2, 0.25) is 0 Å². The van der Waals surface area contributed by atoms with Gasteiger partial charge < -0.3 is 10.1 Å². The average molecular weight is 253 g/mol. The summed E-state index contributed by atoms with van der Waals surface area (Å²) in [6, 6.07) is 4.90. The van der Waals surface area contributed by atoms with E-state index < -0.39 is 0 Å². The fraction of sp³-hybridized carbons (Fsp3) is 0.600. The predicted molar refractivity (Wildman–Crippen MR) is 74.7 cm³/mol. The highest BCUT2D eigenvalue weighted by Crippen LogP contribution is 2.22. The van der Waals surface area contributed by atoms with Gasteiger partial charge in [-0.05, 0) is 24.5 Å². The van der Waals surface area contributed by atoms with Crippen LogP contribution in [0.5, 0.6) is 5.75 Å². The van der Waals surface area contributed by atoms with E-state index in [1.165, 1.54) is 38.9 Å². The van der Waals surface area contributed by atoms with Gasteiger partial charge in [-0.3, -0.25) is 0 Å². The smallest absolute Gasteiger partial charge is 0.165 e. The number of hydrogen-bond acceptors (Lipinski definition) is 2. The van der Waals surface area contributed by atoms with Crippen molar-refractivity contribution >= 4 is 5.69 Å². The van der Waals surface area contributed by atoms with Crippen molar-refractivity contribution in [1.82, 2.24) is 0 Å². The largest absolute Gasteiger partial charge is 0.494 e. The number of benzene rings is 1. The molecule has 0 bridgehead atoms. The fourth-order valence-electron chi connectivity index (χ4n) is 1.98. The van der Waals surface area contributed by atoms with E-state index in [0.717, 1.165) is 12.2 Å². The Labute approximate surface area is 110 Å². The third kappa shape index (κ3) is 4.55. The van der Waals surface area contributed by atoms with E-state index in [-0.39, 0.29) is 5.82 Å². The van der Waals surface area contributed by atoms with Gasteiger partial charge in [-0.15, -0.1) is 0 Å². The lowest BCUT2D eigenvalue weighted by Gasteiger charge is -2.16. The molecular weight excluding hydrogens is 229 g/mol. The summed E-state index contributed by atoms with van der Waals surface area (Å²) in [5, 5.41) is 3.36. The first-order valence-corrected chi connectivity index (χ1v) is 6.78. The van der Waals surface area contributed by atoms with E-state index >= 15 is 0 Å². The van der Waals surface area contributed by atoms with Crippen LogP contribution in [0.15, 0.2) is 18.2 Å². The van der Waals surface area contributed by atoms with Gasteiger partial charge in [0, 0.05) is 18.3 Å². The minimum Gasteiger partial charge on any atom is -0.494 e.